The van der Waals surface area contributed by atoms with Gasteiger partial charge < -0.3 is 44.7 Å². The number of nitrogens with zero attached hydrogens (tertiary/aromatic N) is 5. The third kappa shape index (κ3) is 11.8. The minimum Gasteiger partial charge on any atom is -0.457 e. The summed E-state index contributed by atoms with van der Waals surface area (Å²) in [6, 6.07) is 5.96. The van der Waals surface area contributed by atoms with Crippen LogP contribution in [-0.4, -0.2) is 148 Å². The highest BCUT2D eigenvalue weighted by molar-refractivity contribution is 7.93. The number of aliphatic hydroxyl groups is 1. The Balaban J connectivity index is 0.00000273. The number of cyclic esters (lactones) is 1. The largest absolute Gasteiger partial charge is 0.457 e. The van der Waals surface area contributed by atoms with Crippen LogP contribution in [0.4, 0.5) is 14.4 Å². The molecule has 2 aromatic rings. The Labute approximate surface area is 369 Å². The number of carbonyl (C=O) groups is 4. The molecule has 17 nitrogen and oxygen atoms in total. The van der Waals surface area contributed by atoms with Crippen LogP contribution in [0.25, 0.3) is 11.3 Å². The number of aromatic nitrogens is 3. The SMILES string of the molecule is CC[C@H]1OC(=O)C(C)C(=O)[C@H](C)[C@@H](O[C@@H]2OC(C)CC(N(C)C)C2O)[C@](C)(OC)C[C@@H](C)CNC(=O)[C@H]2N(CCCCn3cc(-c4cccc(N)c4)nn3)C(=O)O[C@]12C.CSF. The van der Waals surface area contributed by atoms with Gasteiger partial charge in [-0.1, -0.05) is 38.1 Å². The van der Waals surface area contributed by atoms with E-state index in [4.69, 9.17) is 29.4 Å². The Morgan fingerprint density at radius 3 is 2.42 bits per heavy atom. The van der Waals surface area contributed by atoms with Gasteiger partial charge in [-0.25, -0.2) is 4.79 Å². The van der Waals surface area contributed by atoms with Crippen molar-refractivity contribution in [2.24, 2.45) is 17.8 Å². The molecule has 1 aromatic carbocycles. The second-order valence-corrected chi connectivity index (χ2v) is 17.8. The maximum Gasteiger partial charge on any atom is 0.411 e. The van der Waals surface area contributed by atoms with Crippen LogP contribution < -0.4 is 11.1 Å². The molecule has 19 heteroatoms. The second-order valence-electron chi connectivity index (χ2n) is 17.4. The van der Waals surface area contributed by atoms with Crippen LogP contribution in [0, 0.1) is 17.8 Å². The molecule has 2 amide bonds. The molecule has 0 aliphatic carbocycles. The van der Waals surface area contributed by atoms with Gasteiger partial charge in [0.2, 0.25) is 5.91 Å². The number of halogens is 1. The van der Waals surface area contributed by atoms with Crippen molar-refractivity contribution >= 4 is 41.6 Å². The second kappa shape index (κ2) is 22.2. The lowest BCUT2D eigenvalue weighted by molar-refractivity contribution is -0.295. The fraction of sp³-hybridized carbons (Fsp3) is 0.721. The van der Waals surface area contributed by atoms with Crippen LogP contribution >= 0.6 is 12.1 Å². The number of amides is 2. The molecule has 5 rings (SSSR count). The number of benzene rings is 1. The minimum atomic E-state index is -1.58. The molecule has 1 aromatic heterocycles. The van der Waals surface area contributed by atoms with Crippen LogP contribution in [0.2, 0.25) is 0 Å². The first kappa shape index (κ1) is 50.8. The zero-order chi connectivity index (χ0) is 46.1. The number of hydrogen-bond acceptors (Lipinski definition) is 15. The van der Waals surface area contributed by atoms with Crippen molar-refractivity contribution in [3.8, 4) is 11.3 Å². The molecular formula is C43H68FN7O10S. The zero-order valence-corrected chi connectivity index (χ0v) is 38.9. The van der Waals surface area contributed by atoms with Crippen molar-refractivity contribution in [2.45, 2.75) is 141 Å². The number of unbranched alkanes of at least 4 members (excludes halogenated alkanes) is 1. The van der Waals surface area contributed by atoms with Crippen LogP contribution in [-0.2, 0) is 44.6 Å². The molecule has 4 unspecified atom stereocenters. The number of aliphatic hydroxyl groups excluding tert-OH is 1. The van der Waals surface area contributed by atoms with Gasteiger partial charge in [-0.2, -0.15) is 3.89 Å². The average Bonchev–Trinajstić information content (AvgIpc) is 3.80. The summed E-state index contributed by atoms with van der Waals surface area (Å²) >= 11 is 0.250. The number of nitrogens with one attached hydrogen (secondary N) is 1. The summed E-state index contributed by atoms with van der Waals surface area (Å²) in [6.07, 6.45) is 0.252. The van der Waals surface area contributed by atoms with E-state index in [1.54, 1.807) is 31.5 Å². The summed E-state index contributed by atoms with van der Waals surface area (Å²) in [5, 5.41) is 23.0. The summed E-state index contributed by atoms with van der Waals surface area (Å²) in [5.74, 6) is -4.18. The Bertz CT molecular complexity index is 1820. The maximum atomic E-state index is 14.4. The number of Topliss-reactive ketones (excluding diaryl/α,β-unsaturated/α-hetero) is 1. The van der Waals surface area contributed by atoms with Crippen molar-refractivity contribution < 1.29 is 51.9 Å². The van der Waals surface area contributed by atoms with E-state index in [1.165, 1.54) is 25.2 Å². The van der Waals surface area contributed by atoms with Crippen molar-refractivity contribution in [1.82, 2.24) is 30.1 Å². The van der Waals surface area contributed by atoms with Crippen molar-refractivity contribution in [1.29, 1.82) is 0 Å². The maximum absolute atomic E-state index is 14.4. The van der Waals surface area contributed by atoms with Gasteiger partial charge in [-0.05, 0) is 91.9 Å². The third-order valence-corrected chi connectivity index (χ3v) is 12.4. The third-order valence-electron chi connectivity index (χ3n) is 12.4. The first-order chi connectivity index (χ1) is 29.2. The molecular weight excluding hydrogens is 826 g/mol. The average molecular weight is 894 g/mol. The van der Waals surface area contributed by atoms with Crippen molar-refractivity contribution in [3.05, 3.63) is 30.5 Å². The Morgan fingerprint density at radius 1 is 1.11 bits per heavy atom. The van der Waals surface area contributed by atoms with E-state index in [0.29, 0.717) is 43.6 Å². The van der Waals surface area contributed by atoms with E-state index < -0.39 is 77.4 Å². The van der Waals surface area contributed by atoms with Crippen LogP contribution in [0.1, 0.15) is 80.6 Å². The number of esters is 1. The number of anilines is 1. The van der Waals surface area contributed by atoms with E-state index >= 15 is 0 Å². The molecule has 3 aliphatic rings. The number of likely N-dealkylation sites (N-methyl/N-ethyl adjacent to an activating group) is 1. The Morgan fingerprint density at radius 2 is 1.79 bits per heavy atom. The zero-order valence-electron chi connectivity index (χ0n) is 38.0. The van der Waals surface area contributed by atoms with E-state index in [-0.39, 0.29) is 49.7 Å². The van der Waals surface area contributed by atoms with E-state index in [9.17, 15) is 28.2 Å². The number of hydrogen-bond donors (Lipinski definition) is 3. The van der Waals surface area contributed by atoms with E-state index in [0.717, 1.165) is 5.56 Å². The molecule has 0 bridgehead atoms. The number of methoxy groups -OCH3 is 1. The van der Waals surface area contributed by atoms with E-state index in [2.05, 4.69) is 15.6 Å². The predicted molar refractivity (Wildman–Crippen MR) is 232 cm³/mol. The number of rotatable bonds is 11. The fourth-order valence-electron chi connectivity index (χ4n) is 8.92. The highest BCUT2D eigenvalue weighted by atomic mass is 32.2. The Kier molecular flexibility index (Phi) is 18.1. The van der Waals surface area contributed by atoms with Gasteiger partial charge in [-0.15, -0.1) is 5.10 Å². The lowest BCUT2D eigenvalue weighted by Gasteiger charge is -2.46. The minimum absolute atomic E-state index is 0.179. The summed E-state index contributed by atoms with van der Waals surface area (Å²) in [7, 11) is 5.27. The van der Waals surface area contributed by atoms with Gasteiger partial charge in [0.15, 0.2) is 23.7 Å². The summed E-state index contributed by atoms with van der Waals surface area (Å²) in [6.45, 7) is 13.0. The summed E-state index contributed by atoms with van der Waals surface area (Å²) < 4.78 is 42.9. The van der Waals surface area contributed by atoms with Gasteiger partial charge in [0.1, 0.15) is 23.8 Å². The smallest absolute Gasteiger partial charge is 0.411 e. The molecule has 0 spiro atoms. The molecule has 62 heavy (non-hydrogen) atoms. The van der Waals surface area contributed by atoms with Crippen LogP contribution in [0.5, 0.6) is 0 Å². The molecule has 4 N–H and O–H groups in total. The predicted octanol–water partition coefficient (Wildman–Crippen LogP) is 4.66. The first-order valence-electron chi connectivity index (χ1n) is 21.4. The molecule has 3 aliphatic heterocycles. The lowest BCUT2D eigenvalue weighted by Crippen LogP contribution is -2.60. The molecule has 4 heterocycles. The highest BCUT2D eigenvalue weighted by Gasteiger charge is 2.60. The number of nitrogen functional groups attached to an aromatic ring is 1. The van der Waals surface area contributed by atoms with Gasteiger partial charge in [0.25, 0.3) is 0 Å². The number of ketones is 1. The number of nitrogens with two attached hydrogens (primary N) is 1. The van der Waals surface area contributed by atoms with Crippen LogP contribution in [0.3, 0.4) is 0 Å². The Hall–Kier alpha value is -3.88. The number of fused-ring (bicyclic) bond motifs is 1. The molecule has 348 valence electrons. The molecule has 3 saturated heterocycles. The number of aryl methyl sites for hydroxylation is 1. The fourth-order valence-corrected chi connectivity index (χ4v) is 8.92. The summed E-state index contributed by atoms with van der Waals surface area (Å²) in [4.78, 5) is 59.6. The standard InChI is InChI=1S/C42H65N7O10.CH3FS/c1-11-32-42(7)35(49(40(54)59-42)18-13-12-17-48-23-30(45-46-48)28-15-14-16-29(43)20-28)37(52)44-22-24(2)21-41(6,55-10)36(26(4)33(50)27(5)38(53)57-32)58-39-34(51)31(47(8)9)19-25(3)56-39;1-3-2/h14-16,20,23-27,31-32,34-36,39,51H,11-13,17-19,21-22,43H2,1-10H3,(H,44,52);1H3/t24-,25?,26+,27?,31?,32-,34?,35-,36-,39+,41-,42-;/m1./s1. The first-order valence-corrected chi connectivity index (χ1v) is 22.5. The highest BCUT2D eigenvalue weighted by Crippen LogP contribution is 2.39. The molecule has 0 saturated carbocycles. The van der Waals surface area contributed by atoms with Gasteiger partial charge in [-0.3, -0.25) is 24.0 Å². The topological polar surface area (TPSA) is 210 Å². The molecule has 0 radical (unpaired) electrons. The molecule has 3 fully saturated rings. The molecule has 12 atom stereocenters. The van der Waals surface area contributed by atoms with Crippen molar-refractivity contribution in [2.75, 3.05) is 46.3 Å². The van der Waals surface area contributed by atoms with Gasteiger partial charge in [0.05, 0.1) is 24.0 Å². The van der Waals surface area contributed by atoms with Crippen molar-refractivity contribution in [3.63, 3.8) is 0 Å². The lowest BCUT2D eigenvalue weighted by atomic mass is 9.78. The number of ether oxygens (including phenoxy) is 5. The van der Waals surface area contributed by atoms with E-state index in [1.807, 2.05) is 64.2 Å². The summed E-state index contributed by atoms with van der Waals surface area (Å²) in [5.41, 5.74) is 5.36. The number of carbonyl (C=O) groups excluding carboxylic acids is 4. The van der Waals surface area contributed by atoms with Gasteiger partial charge in [0, 0.05) is 68.4 Å². The monoisotopic (exact) mass is 893 g/mol. The van der Waals surface area contributed by atoms with Gasteiger partial charge >= 0.3 is 12.1 Å². The normalized spacial score (nSPS) is 33.7. The quantitative estimate of drug-likeness (QED) is 0.121. The van der Waals surface area contributed by atoms with Crippen LogP contribution in [0.15, 0.2) is 30.5 Å².